The van der Waals surface area contributed by atoms with Crippen molar-refractivity contribution in [1.29, 1.82) is 0 Å². The maximum atomic E-state index is 11.6. The Morgan fingerprint density at radius 2 is 2.00 bits per heavy atom. The number of carbonyl (C=O) groups is 1. The molecule has 3 N–H and O–H groups in total. The lowest BCUT2D eigenvalue weighted by atomic mass is 10.0. The van der Waals surface area contributed by atoms with Gasteiger partial charge in [-0.3, -0.25) is 9.69 Å². The molecule has 1 amide bonds. The number of rotatable bonds is 8. The summed E-state index contributed by atoms with van der Waals surface area (Å²) in [4.78, 5) is 14.2. The zero-order valence-corrected chi connectivity index (χ0v) is 12.8. The van der Waals surface area contributed by atoms with E-state index in [4.69, 9.17) is 5.73 Å². The summed E-state index contributed by atoms with van der Waals surface area (Å²) >= 11 is 0. The Balaban J connectivity index is 2.64. The monoisotopic (exact) mass is 269 g/mol. The van der Waals surface area contributed by atoms with E-state index >= 15 is 0 Å². The lowest BCUT2D eigenvalue weighted by Gasteiger charge is -2.36. The molecule has 0 aromatic heterocycles. The maximum Gasteiger partial charge on any atom is 0.221 e. The Bertz CT molecular complexity index is 262. The van der Waals surface area contributed by atoms with Crippen molar-refractivity contribution in [3.05, 3.63) is 0 Å². The average Bonchev–Trinajstić information content (AvgIpc) is 2.90. The van der Waals surface area contributed by atoms with Crippen molar-refractivity contribution in [2.24, 2.45) is 11.7 Å². The Hall–Kier alpha value is -0.610. The van der Waals surface area contributed by atoms with E-state index in [1.54, 1.807) is 7.05 Å². The van der Waals surface area contributed by atoms with Crippen molar-refractivity contribution in [2.75, 3.05) is 20.1 Å². The minimum absolute atomic E-state index is 0.1000. The average molecular weight is 269 g/mol. The number of nitrogens with one attached hydrogen (secondary N) is 1. The summed E-state index contributed by atoms with van der Waals surface area (Å²) in [6.45, 7) is 6.15. The van der Waals surface area contributed by atoms with Gasteiger partial charge < -0.3 is 11.1 Å². The van der Waals surface area contributed by atoms with E-state index in [-0.39, 0.29) is 11.9 Å². The molecule has 0 aliphatic heterocycles. The van der Waals surface area contributed by atoms with Gasteiger partial charge in [0.05, 0.1) is 0 Å². The molecule has 4 nitrogen and oxygen atoms in total. The highest BCUT2D eigenvalue weighted by molar-refractivity contribution is 5.76. The van der Waals surface area contributed by atoms with Gasteiger partial charge >= 0.3 is 0 Å². The highest BCUT2D eigenvalue weighted by atomic mass is 16.1. The third kappa shape index (κ3) is 5.49. The van der Waals surface area contributed by atoms with Crippen LogP contribution in [0.2, 0.25) is 0 Å². The van der Waals surface area contributed by atoms with Crippen LogP contribution in [0.5, 0.6) is 0 Å². The van der Waals surface area contributed by atoms with Crippen LogP contribution in [0.3, 0.4) is 0 Å². The molecule has 0 spiro atoms. The van der Waals surface area contributed by atoms with Crippen LogP contribution in [0.1, 0.15) is 52.4 Å². The zero-order valence-electron chi connectivity index (χ0n) is 12.8. The van der Waals surface area contributed by atoms with Gasteiger partial charge in [0, 0.05) is 32.1 Å². The van der Waals surface area contributed by atoms with Gasteiger partial charge in [0.15, 0.2) is 0 Å². The fourth-order valence-electron chi connectivity index (χ4n) is 2.96. The molecule has 1 atom stereocenters. The number of hydrogen-bond acceptors (Lipinski definition) is 3. The summed E-state index contributed by atoms with van der Waals surface area (Å²) in [5.74, 6) is 0.797. The molecule has 19 heavy (non-hydrogen) atoms. The van der Waals surface area contributed by atoms with E-state index in [0.29, 0.717) is 24.9 Å². The number of nitrogens with zero attached hydrogens (tertiary/aromatic N) is 1. The van der Waals surface area contributed by atoms with Gasteiger partial charge in [-0.1, -0.05) is 26.7 Å². The van der Waals surface area contributed by atoms with Crippen molar-refractivity contribution in [3.63, 3.8) is 0 Å². The van der Waals surface area contributed by atoms with E-state index in [0.717, 1.165) is 6.54 Å². The minimum Gasteiger partial charge on any atom is -0.359 e. The van der Waals surface area contributed by atoms with E-state index in [9.17, 15) is 4.79 Å². The highest BCUT2D eigenvalue weighted by Crippen LogP contribution is 2.26. The van der Waals surface area contributed by atoms with Crippen LogP contribution in [-0.2, 0) is 4.79 Å². The first-order valence-corrected chi connectivity index (χ1v) is 7.74. The number of carbonyl (C=O) groups excluding carboxylic acids is 1. The third-order valence-corrected chi connectivity index (χ3v) is 4.20. The van der Waals surface area contributed by atoms with E-state index in [1.807, 2.05) is 0 Å². The minimum atomic E-state index is 0.1000. The van der Waals surface area contributed by atoms with Crippen molar-refractivity contribution in [3.8, 4) is 0 Å². The summed E-state index contributed by atoms with van der Waals surface area (Å²) in [5, 5.41) is 2.72. The Morgan fingerprint density at radius 3 is 2.47 bits per heavy atom. The van der Waals surface area contributed by atoms with Crippen molar-refractivity contribution in [2.45, 2.75) is 64.5 Å². The van der Waals surface area contributed by atoms with Gasteiger partial charge in [-0.2, -0.15) is 0 Å². The Kier molecular flexibility index (Phi) is 7.39. The topological polar surface area (TPSA) is 58.4 Å². The first-order valence-electron chi connectivity index (χ1n) is 7.74. The van der Waals surface area contributed by atoms with Crippen molar-refractivity contribution >= 4 is 5.91 Å². The molecule has 1 aliphatic carbocycles. The Labute approximate surface area is 118 Å². The summed E-state index contributed by atoms with van der Waals surface area (Å²) in [6, 6.07) is 0.832. The molecule has 112 valence electrons. The SMILES string of the molecule is CNC(=O)CC(CN)N(CCC(C)C)C1CCCC1. The Morgan fingerprint density at radius 1 is 1.37 bits per heavy atom. The quantitative estimate of drug-likeness (QED) is 0.705. The van der Waals surface area contributed by atoms with Crippen LogP contribution in [0.15, 0.2) is 0 Å². The fraction of sp³-hybridized carbons (Fsp3) is 0.933. The lowest BCUT2D eigenvalue weighted by Crippen LogP contribution is -2.48. The normalized spacial score (nSPS) is 18.2. The predicted octanol–water partition coefficient (Wildman–Crippen LogP) is 1.74. The molecule has 0 aromatic carbocycles. The molecule has 0 bridgehead atoms. The second-order valence-electron chi connectivity index (χ2n) is 6.13. The van der Waals surface area contributed by atoms with Crippen LogP contribution in [-0.4, -0.2) is 43.0 Å². The molecule has 0 saturated heterocycles. The molecular formula is C15H31N3O. The smallest absolute Gasteiger partial charge is 0.221 e. The van der Waals surface area contributed by atoms with Gasteiger partial charge in [-0.05, 0) is 31.7 Å². The van der Waals surface area contributed by atoms with Crippen molar-refractivity contribution in [1.82, 2.24) is 10.2 Å². The zero-order chi connectivity index (χ0) is 14.3. The molecule has 1 aliphatic rings. The molecule has 0 aromatic rings. The van der Waals surface area contributed by atoms with Crippen LogP contribution < -0.4 is 11.1 Å². The highest BCUT2D eigenvalue weighted by Gasteiger charge is 2.28. The molecule has 0 heterocycles. The third-order valence-electron chi connectivity index (χ3n) is 4.20. The summed E-state index contributed by atoms with van der Waals surface area (Å²) < 4.78 is 0. The standard InChI is InChI=1S/C15H31N3O/c1-12(2)8-9-18(13-6-4-5-7-13)14(11-16)10-15(19)17-3/h12-14H,4-11,16H2,1-3H3,(H,17,19). The van der Waals surface area contributed by atoms with Crippen molar-refractivity contribution < 1.29 is 4.79 Å². The van der Waals surface area contributed by atoms with Crippen LogP contribution in [0.25, 0.3) is 0 Å². The second-order valence-corrected chi connectivity index (χ2v) is 6.13. The molecular weight excluding hydrogens is 238 g/mol. The van der Waals surface area contributed by atoms with Gasteiger partial charge in [0.25, 0.3) is 0 Å². The van der Waals surface area contributed by atoms with Gasteiger partial charge in [0.1, 0.15) is 0 Å². The summed E-state index contributed by atoms with van der Waals surface area (Å²) in [5.41, 5.74) is 5.93. The maximum absolute atomic E-state index is 11.6. The van der Waals surface area contributed by atoms with Crippen LogP contribution in [0, 0.1) is 5.92 Å². The van der Waals surface area contributed by atoms with E-state index < -0.39 is 0 Å². The summed E-state index contributed by atoms with van der Waals surface area (Å²) in [7, 11) is 1.70. The van der Waals surface area contributed by atoms with Gasteiger partial charge in [-0.15, -0.1) is 0 Å². The van der Waals surface area contributed by atoms with Gasteiger partial charge in [0.2, 0.25) is 5.91 Å². The molecule has 1 unspecified atom stereocenters. The number of amides is 1. The fourth-order valence-corrected chi connectivity index (χ4v) is 2.96. The molecule has 0 radical (unpaired) electrons. The molecule has 4 heteroatoms. The predicted molar refractivity (Wildman–Crippen MR) is 79.9 cm³/mol. The lowest BCUT2D eigenvalue weighted by molar-refractivity contribution is -0.122. The summed E-state index contributed by atoms with van der Waals surface area (Å²) in [6.07, 6.45) is 6.88. The number of nitrogens with two attached hydrogens (primary N) is 1. The largest absolute Gasteiger partial charge is 0.359 e. The van der Waals surface area contributed by atoms with Gasteiger partial charge in [-0.25, -0.2) is 0 Å². The first kappa shape index (κ1) is 16.4. The van der Waals surface area contributed by atoms with Crippen LogP contribution in [0.4, 0.5) is 0 Å². The molecule has 1 rings (SSSR count). The van der Waals surface area contributed by atoms with E-state index in [2.05, 4.69) is 24.1 Å². The second kappa shape index (κ2) is 8.54. The van der Waals surface area contributed by atoms with Crippen LogP contribution >= 0.6 is 0 Å². The number of hydrogen-bond donors (Lipinski definition) is 2. The molecule has 1 fully saturated rings. The van der Waals surface area contributed by atoms with E-state index in [1.165, 1.54) is 32.1 Å². The molecule has 1 saturated carbocycles. The first-order chi connectivity index (χ1) is 9.08.